The molecule has 0 aliphatic rings. The van der Waals surface area contributed by atoms with Crippen molar-refractivity contribution >= 4 is 50.7 Å². The maximum Gasteiger partial charge on any atom is 0.242 e. The van der Waals surface area contributed by atoms with E-state index in [0.717, 1.165) is 17.4 Å². The average molecular weight is 571 g/mol. The van der Waals surface area contributed by atoms with Crippen LogP contribution in [0.25, 0.3) is 0 Å². The average Bonchev–Trinajstić information content (AvgIpc) is 2.75. The maximum absolute atomic E-state index is 13.4. The normalized spacial score (nSPS) is 12.7. The molecule has 0 radical (unpaired) electrons. The number of carbonyl (C=O) groups excluding carboxylic acids is 2. The number of aryl methyl sites for hydroxylation is 2. The first kappa shape index (κ1) is 30.9. The number of sulfonamides is 1. The molecule has 0 aliphatic carbocycles. The Hall–Kier alpha value is -2.29. The fraction of sp³-hybridized carbons (Fsp3) is 0.481. The van der Waals surface area contributed by atoms with E-state index in [1.807, 2.05) is 46.8 Å². The number of nitrogens with zero attached hydrogens (tertiary/aromatic N) is 2. The molecule has 10 heteroatoms. The lowest BCUT2D eigenvalue weighted by molar-refractivity contribution is -0.141. The van der Waals surface area contributed by atoms with Crippen LogP contribution in [0.1, 0.15) is 57.2 Å². The number of hydrogen-bond acceptors (Lipinski definition) is 4. The van der Waals surface area contributed by atoms with Crippen molar-refractivity contribution in [3.8, 4) is 0 Å². The molecule has 0 aliphatic heterocycles. The zero-order valence-corrected chi connectivity index (χ0v) is 24.9. The number of carbonyl (C=O) groups is 2. The first-order valence-corrected chi connectivity index (χ1v) is 14.7. The minimum absolute atomic E-state index is 0.0508. The monoisotopic (exact) mass is 569 g/mol. The van der Waals surface area contributed by atoms with Gasteiger partial charge in [-0.15, -0.1) is 0 Å². The Bertz CT molecular complexity index is 1240. The molecule has 37 heavy (non-hydrogen) atoms. The number of nitrogens with one attached hydrogen (secondary N) is 1. The zero-order valence-electron chi connectivity index (χ0n) is 22.6. The molecule has 0 saturated heterocycles. The van der Waals surface area contributed by atoms with E-state index >= 15 is 0 Å². The molecule has 2 aromatic rings. The second kappa shape index (κ2) is 12.5. The van der Waals surface area contributed by atoms with Gasteiger partial charge in [0, 0.05) is 35.1 Å². The maximum atomic E-state index is 13.4. The van der Waals surface area contributed by atoms with E-state index in [-0.39, 0.29) is 37.7 Å². The topological polar surface area (TPSA) is 86.8 Å². The summed E-state index contributed by atoms with van der Waals surface area (Å²) in [5.41, 5.74) is 2.78. The number of halogens is 2. The molecule has 0 heterocycles. The summed E-state index contributed by atoms with van der Waals surface area (Å²) in [6.07, 6.45) is 1.48. The second-order valence-electron chi connectivity index (χ2n) is 10.4. The molecular formula is C27H37Cl2N3O4S. The van der Waals surface area contributed by atoms with Gasteiger partial charge in [0.25, 0.3) is 0 Å². The van der Waals surface area contributed by atoms with Gasteiger partial charge in [0.1, 0.15) is 6.04 Å². The van der Waals surface area contributed by atoms with E-state index in [2.05, 4.69) is 5.32 Å². The van der Waals surface area contributed by atoms with Gasteiger partial charge in [-0.1, -0.05) is 35.3 Å². The van der Waals surface area contributed by atoms with Crippen LogP contribution in [-0.4, -0.2) is 49.5 Å². The lowest BCUT2D eigenvalue weighted by Gasteiger charge is -2.32. The predicted molar refractivity (Wildman–Crippen MR) is 152 cm³/mol. The first-order valence-electron chi connectivity index (χ1n) is 12.1. The third-order valence-electron chi connectivity index (χ3n) is 5.95. The molecular weight excluding hydrogens is 533 g/mol. The third-order valence-corrected chi connectivity index (χ3v) is 7.73. The molecule has 0 spiro atoms. The number of rotatable bonds is 10. The quantitative estimate of drug-likeness (QED) is 0.410. The molecule has 1 atom stereocenters. The largest absolute Gasteiger partial charge is 0.350 e. The van der Waals surface area contributed by atoms with Gasteiger partial charge in [0.15, 0.2) is 0 Å². The highest BCUT2D eigenvalue weighted by Crippen LogP contribution is 2.25. The number of amides is 2. The van der Waals surface area contributed by atoms with Gasteiger partial charge in [-0.25, -0.2) is 8.42 Å². The molecule has 2 aromatic carbocycles. The van der Waals surface area contributed by atoms with Crippen LogP contribution in [0.5, 0.6) is 0 Å². The fourth-order valence-corrected chi connectivity index (χ4v) is 5.20. The first-order chi connectivity index (χ1) is 17.0. The van der Waals surface area contributed by atoms with Gasteiger partial charge in [-0.05, 0) is 88.9 Å². The van der Waals surface area contributed by atoms with Crippen molar-refractivity contribution in [3.63, 3.8) is 0 Å². The van der Waals surface area contributed by atoms with Crippen LogP contribution in [0, 0.1) is 13.8 Å². The lowest BCUT2D eigenvalue weighted by Crippen LogP contribution is -2.52. The van der Waals surface area contributed by atoms with E-state index < -0.39 is 21.6 Å². The predicted octanol–water partition coefficient (Wildman–Crippen LogP) is 5.49. The Labute approximate surface area is 231 Å². The van der Waals surface area contributed by atoms with Crippen LogP contribution in [0.3, 0.4) is 0 Å². The van der Waals surface area contributed by atoms with Crippen molar-refractivity contribution in [1.29, 1.82) is 0 Å². The summed E-state index contributed by atoms with van der Waals surface area (Å²) in [5, 5.41) is 3.78. The highest BCUT2D eigenvalue weighted by atomic mass is 35.5. The van der Waals surface area contributed by atoms with Crippen LogP contribution in [0.4, 0.5) is 5.69 Å². The summed E-state index contributed by atoms with van der Waals surface area (Å²) in [7, 11) is -3.56. The Morgan fingerprint density at radius 3 is 2.22 bits per heavy atom. The molecule has 7 nitrogen and oxygen atoms in total. The molecule has 0 bridgehead atoms. The highest BCUT2D eigenvalue weighted by molar-refractivity contribution is 7.92. The van der Waals surface area contributed by atoms with Gasteiger partial charge >= 0.3 is 0 Å². The Kier molecular flexibility index (Phi) is 10.5. The molecule has 0 fully saturated rings. The van der Waals surface area contributed by atoms with Crippen molar-refractivity contribution in [3.05, 3.63) is 63.1 Å². The minimum atomic E-state index is -3.56. The van der Waals surface area contributed by atoms with Gasteiger partial charge in [-0.2, -0.15) is 0 Å². The SMILES string of the molecule is Cc1ccc(N(CCCC(=O)N(Cc2ccc(Cl)cc2Cl)[C@H](C)C(=O)NC(C)(C)C)S(C)(=O)=O)cc1C. The standard InChI is InChI=1S/C27H37Cl2N3O4S/c1-18-10-13-23(15-19(18)2)32(37(7,35)36)14-8-9-25(33)31(20(3)26(34)30-27(4,5)6)17-21-11-12-22(28)16-24(21)29/h10-13,15-16,20H,8-9,14,17H2,1-7H3,(H,30,34)/t20-/m1/s1. The summed E-state index contributed by atoms with van der Waals surface area (Å²) < 4.78 is 26.4. The summed E-state index contributed by atoms with van der Waals surface area (Å²) in [5.74, 6) is -0.574. The number of hydrogen-bond donors (Lipinski definition) is 1. The van der Waals surface area contributed by atoms with Crippen molar-refractivity contribution in [2.24, 2.45) is 0 Å². The highest BCUT2D eigenvalue weighted by Gasteiger charge is 2.29. The number of anilines is 1. The van der Waals surface area contributed by atoms with Crippen molar-refractivity contribution in [2.75, 3.05) is 17.1 Å². The zero-order chi connectivity index (χ0) is 28.1. The molecule has 0 aromatic heterocycles. The van der Waals surface area contributed by atoms with E-state index in [0.29, 0.717) is 21.3 Å². The smallest absolute Gasteiger partial charge is 0.242 e. The van der Waals surface area contributed by atoms with Crippen molar-refractivity contribution in [1.82, 2.24) is 10.2 Å². The van der Waals surface area contributed by atoms with E-state index in [1.165, 1.54) is 9.21 Å². The summed E-state index contributed by atoms with van der Waals surface area (Å²) in [4.78, 5) is 27.8. The summed E-state index contributed by atoms with van der Waals surface area (Å²) in [6.45, 7) is 11.4. The lowest BCUT2D eigenvalue weighted by atomic mass is 10.1. The van der Waals surface area contributed by atoms with Crippen molar-refractivity contribution < 1.29 is 18.0 Å². The van der Waals surface area contributed by atoms with E-state index in [4.69, 9.17) is 23.2 Å². The number of benzene rings is 2. The summed E-state index contributed by atoms with van der Waals surface area (Å²) >= 11 is 12.4. The molecule has 0 saturated carbocycles. The minimum Gasteiger partial charge on any atom is -0.350 e. The van der Waals surface area contributed by atoms with Crippen LogP contribution in [-0.2, 0) is 26.2 Å². The van der Waals surface area contributed by atoms with E-state index in [9.17, 15) is 18.0 Å². The van der Waals surface area contributed by atoms with Crippen LogP contribution < -0.4 is 9.62 Å². The van der Waals surface area contributed by atoms with Gasteiger partial charge in [0.2, 0.25) is 21.8 Å². The Balaban J connectivity index is 2.24. The van der Waals surface area contributed by atoms with Crippen LogP contribution >= 0.6 is 23.2 Å². The molecule has 2 rings (SSSR count). The fourth-order valence-electron chi connectivity index (χ4n) is 3.77. The molecule has 204 valence electrons. The molecule has 0 unspecified atom stereocenters. The Morgan fingerprint density at radius 1 is 1.03 bits per heavy atom. The van der Waals surface area contributed by atoms with Crippen LogP contribution in [0.2, 0.25) is 10.0 Å². The van der Waals surface area contributed by atoms with Gasteiger partial charge in [0.05, 0.1) is 11.9 Å². The third kappa shape index (κ3) is 9.20. The second-order valence-corrected chi connectivity index (χ2v) is 13.1. The van der Waals surface area contributed by atoms with E-state index in [1.54, 1.807) is 31.2 Å². The Morgan fingerprint density at radius 2 is 1.68 bits per heavy atom. The summed E-state index contributed by atoms with van der Waals surface area (Å²) in [6, 6.07) is 9.69. The molecule has 2 amide bonds. The van der Waals surface area contributed by atoms with Crippen molar-refractivity contribution in [2.45, 2.75) is 72.5 Å². The van der Waals surface area contributed by atoms with Gasteiger partial charge < -0.3 is 10.2 Å². The molecule has 1 N–H and O–H groups in total. The van der Waals surface area contributed by atoms with Gasteiger partial charge in [-0.3, -0.25) is 13.9 Å². The van der Waals surface area contributed by atoms with Crippen LogP contribution in [0.15, 0.2) is 36.4 Å².